The van der Waals surface area contributed by atoms with E-state index in [1.165, 1.54) is 22.2 Å². The van der Waals surface area contributed by atoms with Crippen LogP contribution in [0, 0.1) is 6.92 Å². The molecule has 0 saturated heterocycles. The maximum atomic E-state index is 5.96. The molecule has 0 atom stereocenters. The van der Waals surface area contributed by atoms with Crippen LogP contribution in [0.25, 0.3) is 11.0 Å². The van der Waals surface area contributed by atoms with Gasteiger partial charge in [0.15, 0.2) is 0 Å². The summed E-state index contributed by atoms with van der Waals surface area (Å²) in [6, 6.07) is 25.5. The third-order valence-corrected chi connectivity index (χ3v) is 5.93. The molecule has 0 saturated carbocycles. The van der Waals surface area contributed by atoms with Crippen LogP contribution in [0.3, 0.4) is 0 Å². The number of nitrogens with zero attached hydrogens (tertiary/aromatic N) is 2. The predicted octanol–water partition coefficient (Wildman–Crippen LogP) is 6.92. The van der Waals surface area contributed by atoms with Gasteiger partial charge in [-0.15, -0.1) is 0 Å². The summed E-state index contributed by atoms with van der Waals surface area (Å²) >= 11 is 0. The van der Waals surface area contributed by atoms with Crippen molar-refractivity contribution in [2.24, 2.45) is 0 Å². The van der Waals surface area contributed by atoms with Crippen LogP contribution in [-0.2, 0) is 13.0 Å². The van der Waals surface area contributed by atoms with Crippen molar-refractivity contribution in [2.75, 3.05) is 6.61 Å². The van der Waals surface area contributed by atoms with Crippen molar-refractivity contribution in [2.45, 2.75) is 52.5 Å². The summed E-state index contributed by atoms with van der Waals surface area (Å²) in [4.78, 5) is 4.95. The first-order chi connectivity index (χ1) is 15.1. The van der Waals surface area contributed by atoms with Gasteiger partial charge in [-0.3, -0.25) is 0 Å². The van der Waals surface area contributed by atoms with E-state index >= 15 is 0 Å². The summed E-state index contributed by atoms with van der Waals surface area (Å²) in [5.74, 6) is 2.64. The van der Waals surface area contributed by atoms with E-state index in [1.54, 1.807) is 0 Å². The van der Waals surface area contributed by atoms with Crippen LogP contribution in [0.5, 0.6) is 5.75 Å². The third kappa shape index (κ3) is 5.16. The Kier molecular flexibility index (Phi) is 6.71. The molecule has 0 radical (unpaired) electrons. The van der Waals surface area contributed by atoms with Crippen molar-refractivity contribution in [3.63, 3.8) is 0 Å². The first kappa shape index (κ1) is 21.2. The summed E-state index contributed by atoms with van der Waals surface area (Å²) in [6.07, 6.45) is 2.94. The lowest BCUT2D eigenvalue weighted by molar-refractivity contribution is 0.303. The van der Waals surface area contributed by atoms with E-state index in [4.69, 9.17) is 9.72 Å². The first-order valence-corrected chi connectivity index (χ1v) is 11.3. The number of hydrogen-bond donors (Lipinski definition) is 0. The summed E-state index contributed by atoms with van der Waals surface area (Å²) in [7, 11) is 0. The maximum absolute atomic E-state index is 5.96. The van der Waals surface area contributed by atoms with E-state index in [-0.39, 0.29) is 0 Å². The Hall–Kier alpha value is -3.07. The molecule has 0 bridgehead atoms. The molecular weight excluding hydrogens is 380 g/mol. The Balaban J connectivity index is 1.39. The number of ether oxygens (including phenoxy) is 1. The molecule has 4 rings (SSSR count). The monoisotopic (exact) mass is 412 g/mol. The zero-order valence-corrected chi connectivity index (χ0v) is 18.8. The fraction of sp³-hybridized carbons (Fsp3) is 0.321. The highest BCUT2D eigenvalue weighted by Gasteiger charge is 2.12. The number of fused-ring (bicyclic) bond motifs is 1. The van der Waals surface area contributed by atoms with Gasteiger partial charge in [-0.1, -0.05) is 62.4 Å². The molecule has 0 spiro atoms. The fourth-order valence-electron chi connectivity index (χ4n) is 4.00. The van der Waals surface area contributed by atoms with Crippen LogP contribution >= 0.6 is 0 Å². The van der Waals surface area contributed by atoms with Crippen molar-refractivity contribution in [3.05, 3.63) is 95.3 Å². The van der Waals surface area contributed by atoms with Gasteiger partial charge in [0.05, 0.1) is 17.6 Å². The molecule has 3 heteroatoms. The lowest BCUT2D eigenvalue weighted by Gasteiger charge is -2.12. The summed E-state index contributed by atoms with van der Waals surface area (Å²) in [6.45, 7) is 8.29. The van der Waals surface area contributed by atoms with Crippen LogP contribution in [-0.4, -0.2) is 16.2 Å². The zero-order valence-electron chi connectivity index (χ0n) is 18.8. The molecule has 3 nitrogen and oxygen atoms in total. The predicted molar refractivity (Wildman–Crippen MR) is 129 cm³/mol. The van der Waals surface area contributed by atoms with Crippen LogP contribution in [0.1, 0.15) is 55.1 Å². The Morgan fingerprint density at radius 2 is 1.61 bits per heavy atom. The summed E-state index contributed by atoms with van der Waals surface area (Å²) < 4.78 is 8.35. The Bertz CT molecular complexity index is 1130. The minimum absolute atomic E-state index is 0.549. The molecule has 0 fully saturated rings. The summed E-state index contributed by atoms with van der Waals surface area (Å²) in [5.41, 5.74) is 6.30. The highest BCUT2D eigenvalue weighted by Crippen LogP contribution is 2.21. The quantitative estimate of drug-likeness (QED) is 0.279. The Morgan fingerprint density at radius 1 is 0.871 bits per heavy atom. The van der Waals surface area contributed by atoms with Gasteiger partial charge in [0, 0.05) is 13.0 Å². The van der Waals surface area contributed by atoms with Gasteiger partial charge in [-0.05, 0) is 66.6 Å². The van der Waals surface area contributed by atoms with E-state index in [2.05, 4.69) is 98.1 Å². The Morgan fingerprint density at radius 3 is 2.39 bits per heavy atom. The number of unbranched alkanes of at least 4 members (excludes halogenated alkanes) is 1. The molecule has 0 aliphatic heterocycles. The van der Waals surface area contributed by atoms with Crippen molar-refractivity contribution in [3.8, 4) is 5.75 Å². The average molecular weight is 413 g/mol. The van der Waals surface area contributed by atoms with Crippen molar-refractivity contribution < 1.29 is 4.74 Å². The van der Waals surface area contributed by atoms with Crippen LogP contribution < -0.4 is 4.74 Å². The second-order valence-electron chi connectivity index (χ2n) is 8.55. The zero-order chi connectivity index (χ0) is 21.6. The molecule has 0 unspecified atom stereocenters. The molecule has 0 N–H and O–H groups in total. The molecule has 0 aliphatic carbocycles. The van der Waals surface area contributed by atoms with E-state index in [0.29, 0.717) is 5.92 Å². The number of rotatable bonds is 9. The van der Waals surface area contributed by atoms with E-state index in [0.717, 1.165) is 49.5 Å². The standard InChI is InChI=1S/C28H32N2O/c1-21(2)23-14-16-25(17-15-23)31-19-9-8-18-30-27-13-7-6-12-26(27)29-28(30)20-24-11-5-4-10-22(24)3/h4-7,10-17,21H,8-9,18-20H2,1-3H3. The molecule has 1 aromatic heterocycles. The van der Waals surface area contributed by atoms with E-state index < -0.39 is 0 Å². The third-order valence-electron chi connectivity index (χ3n) is 5.93. The van der Waals surface area contributed by atoms with Gasteiger partial charge in [-0.2, -0.15) is 0 Å². The average Bonchev–Trinajstić information content (AvgIpc) is 3.12. The number of imidazole rings is 1. The highest BCUT2D eigenvalue weighted by atomic mass is 16.5. The second-order valence-corrected chi connectivity index (χ2v) is 8.55. The molecule has 0 aliphatic rings. The topological polar surface area (TPSA) is 27.1 Å². The number of benzene rings is 3. The molecule has 3 aromatic carbocycles. The highest BCUT2D eigenvalue weighted by molar-refractivity contribution is 5.76. The number of aryl methyl sites for hydroxylation is 2. The fourth-order valence-corrected chi connectivity index (χ4v) is 4.00. The number of hydrogen-bond acceptors (Lipinski definition) is 2. The van der Waals surface area contributed by atoms with Gasteiger partial charge in [0.2, 0.25) is 0 Å². The lowest BCUT2D eigenvalue weighted by atomic mass is 10.0. The van der Waals surface area contributed by atoms with Crippen molar-refractivity contribution in [1.29, 1.82) is 0 Å². The van der Waals surface area contributed by atoms with Crippen LogP contribution in [0.4, 0.5) is 0 Å². The minimum atomic E-state index is 0.549. The molecule has 31 heavy (non-hydrogen) atoms. The minimum Gasteiger partial charge on any atom is -0.494 e. The van der Waals surface area contributed by atoms with Crippen molar-refractivity contribution >= 4 is 11.0 Å². The largest absolute Gasteiger partial charge is 0.494 e. The van der Waals surface area contributed by atoms with Crippen LogP contribution in [0.2, 0.25) is 0 Å². The SMILES string of the molecule is Cc1ccccc1Cc1nc2ccccc2n1CCCCOc1ccc(C(C)C)cc1. The van der Waals surface area contributed by atoms with E-state index in [9.17, 15) is 0 Å². The van der Waals surface area contributed by atoms with Crippen LogP contribution in [0.15, 0.2) is 72.8 Å². The van der Waals surface area contributed by atoms with Crippen molar-refractivity contribution in [1.82, 2.24) is 9.55 Å². The smallest absolute Gasteiger partial charge is 0.119 e. The molecule has 160 valence electrons. The van der Waals surface area contributed by atoms with Gasteiger partial charge in [0.1, 0.15) is 11.6 Å². The number of para-hydroxylation sites is 2. The molecular formula is C28H32N2O. The van der Waals surface area contributed by atoms with Gasteiger partial charge < -0.3 is 9.30 Å². The van der Waals surface area contributed by atoms with E-state index in [1.807, 2.05) is 0 Å². The summed E-state index contributed by atoms with van der Waals surface area (Å²) in [5, 5.41) is 0. The molecule has 4 aromatic rings. The lowest BCUT2D eigenvalue weighted by Crippen LogP contribution is -2.07. The van der Waals surface area contributed by atoms with Gasteiger partial charge in [0.25, 0.3) is 0 Å². The number of aromatic nitrogens is 2. The molecule has 1 heterocycles. The normalized spacial score (nSPS) is 11.4. The first-order valence-electron chi connectivity index (χ1n) is 11.3. The van der Waals surface area contributed by atoms with Gasteiger partial charge >= 0.3 is 0 Å². The second kappa shape index (κ2) is 9.82. The molecule has 0 amide bonds. The van der Waals surface area contributed by atoms with Gasteiger partial charge in [-0.25, -0.2) is 4.98 Å². The Labute approximate surface area is 185 Å². The maximum Gasteiger partial charge on any atom is 0.119 e.